The van der Waals surface area contributed by atoms with Gasteiger partial charge in [-0.15, -0.1) is 0 Å². The Morgan fingerprint density at radius 1 is 1.35 bits per heavy atom. The van der Waals surface area contributed by atoms with E-state index in [9.17, 15) is 0 Å². The molecule has 1 aliphatic rings. The van der Waals surface area contributed by atoms with Gasteiger partial charge in [-0.3, -0.25) is 10.2 Å². The van der Waals surface area contributed by atoms with Gasteiger partial charge < -0.3 is 15.2 Å². The van der Waals surface area contributed by atoms with Crippen molar-refractivity contribution in [2.24, 2.45) is 10.7 Å². The molecule has 17 heavy (non-hydrogen) atoms. The van der Waals surface area contributed by atoms with Crippen LogP contribution in [0.4, 0.5) is 0 Å². The second-order valence-corrected chi connectivity index (χ2v) is 3.61. The van der Waals surface area contributed by atoms with Crippen LogP contribution in [0.25, 0.3) is 0 Å². The number of benzene rings is 1. The Morgan fingerprint density at radius 3 is 2.88 bits per heavy atom. The fraction of sp³-hybridized carbons (Fsp3) is 0.364. The number of fused-ring (bicyclic) bond motifs is 1. The standard InChI is InChI=1S/C11H15N3O3/c12-11(14-15)13-4-3-8-1-2-9-10(7-8)17-6-5-16-9/h1-2,7,15H,3-6H2,(H3,12,13,14). The molecule has 0 saturated carbocycles. The molecule has 0 aliphatic carbocycles. The summed E-state index contributed by atoms with van der Waals surface area (Å²) in [5.41, 5.74) is 8.16. The van der Waals surface area contributed by atoms with Crippen molar-refractivity contribution in [1.82, 2.24) is 5.48 Å². The van der Waals surface area contributed by atoms with E-state index < -0.39 is 0 Å². The van der Waals surface area contributed by atoms with Crippen LogP contribution in [0, 0.1) is 0 Å². The molecule has 1 aliphatic heterocycles. The quantitative estimate of drug-likeness (QED) is 0.399. The minimum absolute atomic E-state index is 0.0162. The van der Waals surface area contributed by atoms with Crippen LogP contribution in [0.5, 0.6) is 11.5 Å². The number of rotatable bonds is 3. The van der Waals surface area contributed by atoms with Crippen molar-refractivity contribution in [2.75, 3.05) is 19.8 Å². The lowest BCUT2D eigenvalue weighted by molar-refractivity contribution is 0.171. The van der Waals surface area contributed by atoms with Gasteiger partial charge in [-0.05, 0) is 24.1 Å². The monoisotopic (exact) mass is 237 g/mol. The van der Waals surface area contributed by atoms with Gasteiger partial charge >= 0.3 is 0 Å². The van der Waals surface area contributed by atoms with Gasteiger partial charge in [-0.1, -0.05) is 6.07 Å². The number of ether oxygens (including phenoxy) is 2. The van der Waals surface area contributed by atoms with Crippen LogP contribution in [-0.2, 0) is 6.42 Å². The van der Waals surface area contributed by atoms with Gasteiger partial charge in [0.05, 0.1) is 0 Å². The Balaban J connectivity index is 1.98. The van der Waals surface area contributed by atoms with Gasteiger partial charge in [0.2, 0.25) is 5.96 Å². The Hall–Kier alpha value is -1.95. The van der Waals surface area contributed by atoms with E-state index in [4.69, 9.17) is 20.4 Å². The fourth-order valence-electron chi connectivity index (χ4n) is 1.58. The molecule has 0 amide bonds. The summed E-state index contributed by atoms with van der Waals surface area (Å²) in [6, 6.07) is 5.79. The smallest absolute Gasteiger partial charge is 0.212 e. The molecule has 4 N–H and O–H groups in total. The third-order valence-corrected chi connectivity index (χ3v) is 2.40. The van der Waals surface area contributed by atoms with Crippen LogP contribution in [0.3, 0.4) is 0 Å². The average Bonchev–Trinajstić information content (AvgIpc) is 2.38. The van der Waals surface area contributed by atoms with Crippen LogP contribution in [-0.4, -0.2) is 30.9 Å². The first-order valence-electron chi connectivity index (χ1n) is 5.38. The van der Waals surface area contributed by atoms with Gasteiger partial charge in [0.1, 0.15) is 13.2 Å². The highest BCUT2D eigenvalue weighted by Gasteiger charge is 2.11. The van der Waals surface area contributed by atoms with E-state index in [2.05, 4.69) is 4.99 Å². The van der Waals surface area contributed by atoms with Crippen molar-refractivity contribution < 1.29 is 14.7 Å². The number of hydroxylamine groups is 1. The van der Waals surface area contributed by atoms with Crippen LogP contribution in [0.2, 0.25) is 0 Å². The maximum absolute atomic E-state index is 8.45. The molecule has 2 rings (SSSR count). The van der Waals surface area contributed by atoms with E-state index in [0.29, 0.717) is 19.8 Å². The summed E-state index contributed by atoms with van der Waals surface area (Å²) in [5, 5.41) is 8.45. The number of aliphatic imine (C=N–C) groups is 1. The average molecular weight is 237 g/mol. The topological polar surface area (TPSA) is 89.1 Å². The number of hydrogen-bond donors (Lipinski definition) is 3. The van der Waals surface area contributed by atoms with Gasteiger partial charge in [0, 0.05) is 6.54 Å². The number of hydrogen-bond acceptors (Lipinski definition) is 4. The summed E-state index contributed by atoms with van der Waals surface area (Å²) in [5.74, 6) is 1.56. The first-order chi connectivity index (χ1) is 8.29. The van der Waals surface area contributed by atoms with Gasteiger partial charge in [0.15, 0.2) is 11.5 Å². The van der Waals surface area contributed by atoms with E-state index in [1.165, 1.54) is 0 Å². The van der Waals surface area contributed by atoms with Crippen molar-refractivity contribution in [3.63, 3.8) is 0 Å². The summed E-state index contributed by atoms with van der Waals surface area (Å²) in [6.45, 7) is 1.67. The Morgan fingerprint density at radius 2 is 2.12 bits per heavy atom. The molecule has 0 fully saturated rings. The highest BCUT2D eigenvalue weighted by molar-refractivity contribution is 5.76. The molecule has 0 bridgehead atoms. The van der Waals surface area contributed by atoms with Crippen molar-refractivity contribution in [3.8, 4) is 11.5 Å². The third kappa shape index (κ3) is 3.01. The number of nitrogens with zero attached hydrogens (tertiary/aromatic N) is 1. The Bertz CT molecular complexity index is 420. The zero-order chi connectivity index (χ0) is 12.1. The Labute approximate surface area is 99.0 Å². The van der Waals surface area contributed by atoms with E-state index >= 15 is 0 Å². The van der Waals surface area contributed by atoms with Crippen molar-refractivity contribution in [1.29, 1.82) is 0 Å². The lowest BCUT2D eigenvalue weighted by atomic mass is 10.1. The second-order valence-electron chi connectivity index (χ2n) is 3.61. The zero-order valence-corrected chi connectivity index (χ0v) is 9.35. The maximum Gasteiger partial charge on any atom is 0.212 e. The molecule has 1 aromatic carbocycles. The summed E-state index contributed by atoms with van der Waals surface area (Å²) < 4.78 is 10.9. The first kappa shape index (κ1) is 11.5. The molecule has 1 heterocycles. The molecule has 1 aromatic rings. The maximum atomic E-state index is 8.45. The summed E-state index contributed by atoms with van der Waals surface area (Å²) in [7, 11) is 0. The molecule has 0 radical (unpaired) electrons. The van der Waals surface area contributed by atoms with Crippen molar-refractivity contribution in [2.45, 2.75) is 6.42 Å². The van der Waals surface area contributed by atoms with E-state index in [1.807, 2.05) is 18.2 Å². The molecule has 0 aromatic heterocycles. The van der Waals surface area contributed by atoms with Crippen LogP contribution >= 0.6 is 0 Å². The minimum atomic E-state index is 0.0162. The van der Waals surface area contributed by atoms with Gasteiger partial charge in [-0.2, -0.15) is 0 Å². The number of nitrogens with one attached hydrogen (secondary N) is 1. The van der Waals surface area contributed by atoms with Crippen molar-refractivity contribution >= 4 is 5.96 Å². The molecular weight excluding hydrogens is 222 g/mol. The van der Waals surface area contributed by atoms with Crippen LogP contribution in [0.1, 0.15) is 5.56 Å². The third-order valence-electron chi connectivity index (χ3n) is 2.40. The van der Waals surface area contributed by atoms with Gasteiger partial charge in [-0.25, -0.2) is 5.48 Å². The molecule has 6 nitrogen and oxygen atoms in total. The molecular formula is C11H15N3O3. The number of nitrogens with two attached hydrogens (primary N) is 1. The van der Waals surface area contributed by atoms with E-state index in [-0.39, 0.29) is 5.96 Å². The normalized spacial score (nSPS) is 14.5. The predicted molar refractivity (Wildman–Crippen MR) is 62.5 cm³/mol. The summed E-state index contributed by atoms with van der Waals surface area (Å²) in [6.07, 6.45) is 0.721. The molecule has 6 heteroatoms. The Kier molecular flexibility index (Phi) is 3.66. The van der Waals surface area contributed by atoms with Crippen LogP contribution in [0.15, 0.2) is 23.2 Å². The van der Waals surface area contributed by atoms with E-state index in [0.717, 1.165) is 23.5 Å². The van der Waals surface area contributed by atoms with E-state index in [1.54, 1.807) is 5.48 Å². The molecule has 0 spiro atoms. The highest BCUT2D eigenvalue weighted by Crippen LogP contribution is 2.30. The largest absolute Gasteiger partial charge is 0.486 e. The SMILES string of the molecule is NC(=NCCc1ccc2c(c1)OCCO2)NO. The molecule has 92 valence electrons. The zero-order valence-electron chi connectivity index (χ0n) is 9.35. The van der Waals surface area contributed by atoms with Crippen molar-refractivity contribution in [3.05, 3.63) is 23.8 Å². The molecule has 0 unspecified atom stereocenters. The lowest BCUT2D eigenvalue weighted by Gasteiger charge is -2.18. The summed E-state index contributed by atoms with van der Waals surface area (Å²) >= 11 is 0. The fourth-order valence-corrected chi connectivity index (χ4v) is 1.58. The second kappa shape index (κ2) is 5.40. The number of guanidine groups is 1. The summed E-state index contributed by atoms with van der Waals surface area (Å²) in [4.78, 5) is 3.91. The minimum Gasteiger partial charge on any atom is -0.486 e. The predicted octanol–water partition coefficient (Wildman–Crippen LogP) is 0.294. The van der Waals surface area contributed by atoms with Crippen LogP contribution < -0.4 is 20.7 Å². The van der Waals surface area contributed by atoms with Gasteiger partial charge in [0.25, 0.3) is 0 Å². The lowest BCUT2D eigenvalue weighted by Crippen LogP contribution is -2.28. The molecule has 0 atom stereocenters. The highest BCUT2D eigenvalue weighted by atomic mass is 16.6. The first-order valence-corrected chi connectivity index (χ1v) is 5.38. The molecule has 0 saturated heterocycles.